The molecule has 0 bridgehead atoms. The number of hydrogen-bond acceptors (Lipinski definition) is 8. The van der Waals surface area contributed by atoms with Crippen LogP contribution in [0.1, 0.15) is 50.1 Å². The lowest BCUT2D eigenvalue weighted by atomic mass is 9.79. The predicted octanol–water partition coefficient (Wildman–Crippen LogP) is 5.41. The minimum Gasteiger partial charge on any atom is -0.493 e. The molecule has 3 aromatic heterocycles. The van der Waals surface area contributed by atoms with Crippen LogP contribution in [-0.2, 0) is 10.7 Å². The summed E-state index contributed by atoms with van der Waals surface area (Å²) in [5, 5.41) is 1.48. The van der Waals surface area contributed by atoms with Crippen LogP contribution in [0.25, 0.3) is 21.9 Å². The number of aromatic nitrogens is 4. The first-order valence-corrected chi connectivity index (χ1v) is 15.4. The third-order valence-electron chi connectivity index (χ3n) is 8.48. The van der Waals surface area contributed by atoms with E-state index in [1.165, 1.54) is 24.3 Å². The molecule has 9 nitrogen and oxygen atoms in total. The van der Waals surface area contributed by atoms with Gasteiger partial charge in [0.2, 0.25) is 0 Å². The fourth-order valence-corrected chi connectivity index (χ4v) is 7.73. The van der Waals surface area contributed by atoms with Gasteiger partial charge < -0.3 is 14.5 Å². The number of benzene rings is 1. The molecular weight excluding hydrogens is 571 g/mol. The number of halogens is 3. The van der Waals surface area contributed by atoms with Crippen LogP contribution in [0.5, 0.6) is 11.5 Å². The fraction of sp³-hybridized carbons (Fsp3) is 0.483. The molecule has 1 aromatic carbocycles. The van der Waals surface area contributed by atoms with E-state index >= 15 is 0 Å². The third kappa shape index (κ3) is 6.31. The second-order valence-corrected chi connectivity index (χ2v) is 12.3. The zero-order valence-electron chi connectivity index (χ0n) is 22.8. The fourth-order valence-electron chi connectivity index (χ4n) is 6.61. The van der Waals surface area contributed by atoms with E-state index in [1.807, 2.05) is 12.3 Å². The highest BCUT2D eigenvalue weighted by Crippen LogP contribution is 2.41. The van der Waals surface area contributed by atoms with Crippen molar-refractivity contribution in [2.75, 3.05) is 19.7 Å². The zero-order valence-corrected chi connectivity index (χ0v) is 23.7. The number of fused-ring (bicyclic) bond motifs is 3. The summed E-state index contributed by atoms with van der Waals surface area (Å²) < 4.78 is 72.2. The van der Waals surface area contributed by atoms with E-state index < -0.39 is 22.4 Å². The Morgan fingerprint density at radius 3 is 2.50 bits per heavy atom. The summed E-state index contributed by atoms with van der Waals surface area (Å²) in [4.78, 5) is 18.8. The average Bonchev–Trinajstić information content (AvgIpc) is 3.46. The van der Waals surface area contributed by atoms with Crippen LogP contribution in [0.15, 0.2) is 49.1 Å². The second kappa shape index (κ2) is 12.0. The maximum Gasteiger partial charge on any atom is 0.573 e. The molecule has 0 radical (unpaired) electrons. The van der Waals surface area contributed by atoms with Gasteiger partial charge in [0.1, 0.15) is 28.8 Å². The van der Waals surface area contributed by atoms with Crippen molar-refractivity contribution in [2.24, 2.45) is 11.8 Å². The molecule has 224 valence electrons. The summed E-state index contributed by atoms with van der Waals surface area (Å²) in [5.74, 6) is 0.496. The van der Waals surface area contributed by atoms with Gasteiger partial charge in [-0.2, -0.15) is 0 Å². The van der Waals surface area contributed by atoms with Gasteiger partial charge in [0.15, 0.2) is 10.7 Å². The Balaban J connectivity index is 1.08. The van der Waals surface area contributed by atoms with Gasteiger partial charge in [-0.3, -0.25) is 4.90 Å². The maximum absolute atomic E-state index is 12.6. The van der Waals surface area contributed by atoms with E-state index in [4.69, 9.17) is 4.74 Å². The standard InChI is InChI=1S/C29H32F3N5O4S/c30-29(31,32)41-22-9-7-21(8-10-22)40-16-18-2-1-13-37(15-18)28(42(38)39)20-5-3-19(4-6-20)26-25-23-11-12-33-27(23)34-14-24(25)35-17-36-26/h7-12,14,17-20,28,42H,1-6,13,15-16H2,(H,33,34). The van der Waals surface area contributed by atoms with Gasteiger partial charge in [0.05, 0.1) is 24.0 Å². The van der Waals surface area contributed by atoms with Crippen molar-refractivity contribution >= 4 is 32.6 Å². The molecule has 2 unspecified atom stereocenters. The van der Waals surface area contributed by atoms with Gasteiger partial charge in [-0.05, 0) is 81.3 Å². The number of piperidine rings is 1. The monoisotopic (exact) mass is 603 g/mol. The molecule has 2 aliphatic rings. The molecule has 4 heterocycles. The third-order valence-corrected chi connectivity index (χ3v) is 9.66. The lowest BCUT2D eigenvalue weighted by Gasteiger charge is -2.41. The Labute approximate surface area is 242 Å². The van der Waals surface area contributed by atoms with Gasteiger partial charge in [0.25, 0.3) is 0 Å². The van der Waals surface area contributed by atoms with Gasteiger partial charge in [-0.15, -0.1) is 13.2 Å². The number of aromatic amines is 1. The Bertz CT molecular complexity index is 1590. The highest BCUT2D eigenvalue weighted by molar-refractivity contribution is 7.73. The molecule has 2 fully saturated rings. The molecule has 42 heavy (non-hydrogen) atoms. The number of likely N-dealkylation sites (tertiary alicyclic amines) is 1. The first kappa shape index (κ1) is 28.7. The lowest BCUT2D eigenvalue weighted by Crippen LogP contribution is -2.48. The van der Waals surface area contributed by atoms with Crippen molar-refractivity contribution < 1.29 is 31.1 Å². The van der Waals surface area contributed by atoms with E-state index in [2.05, 4.69) is 29.6 Å². The molecule has 1 N–H and O–H groups in total. The summed E-state index contributed by atoms with van der Waals surface area (Å²) in [5.41, 5.74) is 2.61. The van der Waals surface area contributed by atoms with Crippen LogP contribution < -0.4 is 9.47 Å². The minimum atomic E-state index is -4.75. The summed E-state index contributed by atoms with van der Waals surface area (Å²) in [6.45, 7) is 1.66. The number of nitrogens with one attached hydrogen (secondary N) is 1. The number of thiol groups is 1. The van der Waals surface area contributed by atoms with Gasteiger partial charge >= 0.3 is 6.36 Å². The molecule has 1 saturated carbocycles. The summed E-state index contributed by atoms with van der Waals surface area (Å²) >= 11 is 0. The van der Waals surface area contributed by atoms with E-state index in [0.29, 0.717) is 25.4 Å². The largest absolute Gasteiger partial charge is 0.573 e. The molecule has 0 amide bonds. The van der Waals surface area contributed by atoms with Crippen LogP contribution in [0, 0.1) is 11.8 Å². The molecule has 1 aliphatic heterocycles. The van der Waals surface area contributed by atoms with Gasteiger partial charge in [0, 0.05) is 35.3 Å². The maximum atomic E-state index is 12.6. The number of ether oxygens (including phenoxy) is 2. The Morgan fingerprint density at radius 1 is 1.00 bits per heavy atom. The minimum absolute atomic E-state index is 0.0326. The summed E-state index contributed by atoms with van der Waals surface area (Å²) in [6, 6.07) is 7.31. The smallest absolute Gasteiger partial charge is 0.493 e. The van der Waals surface area contributed by atoms with Crippen LogP contribution in [-0.4, -0.2) is 64.7 Å². The number of hydrogen-bond donors (Lipinski definition) is 2. The summed E-state index contributed by atoms with van der Waals surface area (Å²) in [6.07, 6.45) is 5.48. The molecule has 4 aromatic rings. The van der Waals surface area contributed by atoms with Crippen LogP contribution in [0.4, 0.5) is 13.2 Å². The first-order chi connectivity index (χ1) is 20.2. The summed E-state index contributed by atoms with van der Waals surface area (Å²) in [7, 11) is -2.67. The number of rotatable bonds is 8. The topological polar surface area (TPSA) is 110 Å². The Hall–Kier alpha value is -3.45. The van der Waals surface area contributed by atoms with E-state index in [9.17, 15) is 21.6 Å². The number of H-pyrrole nitrogens is 1. The second-order valence-electron chi connectivity index (χ2n) is 11.2. The average molecular weight is 604 g/mol. The molecule has 1 saturated heterocycles. The van der Waals surface area contributed by atoms with Crippen molar-refractivity contribution in [2.45, 2.75) is 56.2 Å². The highest BCUT2D eigenvalue weighted by atomic mass is 32.2. The number of alkyl halides is 3. The van der Waals surface area contributed by atoms with Gasteiger partial charge in [-0.1, -0.05) is 0 Å². The Morgan fingerprint density at radius 2 is 1.76 bits per heavy atom. The van der Waals surface area contributed by atoms with Crippen molar-refractivity contribution in [3.8, 4) is 11.5 Å². The predicted molar refractivity (Wildman–Crippen MR) is 151 cm³/mol. The number of nitrogens with zero attached hydrogens (tertiary/aromatic N) is 4. The van der Waals surface area contributed by atoms with Crippen molar-refractivity contribution in [3.05, 3.63) is 54.7 Å². The molecule has 0 spiro atoms. The molecule has 2 atom stereocenters. The van der Waals surface area contributed by atoms with E-state index in [0.717, 1.165) is 66.2 Å². The quantitative estimate of drug-likeness (QED) is 0.258. The normalized spacial score (nSPS) is 22.9. The van der Waals surface area contributed by atoms with Crippen molar-refractivity contribution in [3.63, 3.8) is 0 Å². The van der Waals surface area contributed by atoms with Gasteiger partial charge in [-0.25, -0.2) is 23.4 Å². The lowest BCUT2D eigenvalue weighted by molar-refractivity contribution is -0.274. The van der Waals surface area contributed by atoms with Crippen molar-refractivity contribution in [1.29, 1.82) is 0 Å². The molecule has 6 rings (SSSR count). The Kier molecular flexibility index (Phi) is 8.22. The van der Waals surface area contributed by atoms with Crippen LogP contribution >= 0.6 is 0 Å². The van der Waals surface area contributed by atoms with E-state index in [1.54, 1.807) is 12.5 Å². The molecule has 1 aliphatic carbocycles. The van der Waals surface area contributed by atoms with E-state index in [-0.39, 0.29) is 23.5 Å². The first-order valence-electron chi connectivity index (χ1n) is 14.2. The molecular formula is C29H32F3N5O4S. The molecule has 13 heteroatoms. The SMILES string of the molecule is O=[SH](=O)C(C1CCC(c2ncnc3cnc4[nH]ccc4c23)CC1)N1CCCC(COc2ccc(OC(F)(F)F)cc2)C1. The highest BCUT2D eigenvalue weighted by Gasteiger charge is 2.37. The number of pyridine rings is 1. The van der Waals surface area contributed by atoms with Crippen molar-refractivity contribution in [1.82, 2.24) is 24.8 Å². The van der Waals surface area contributed by atoms with Crippen LogP contribution in [0.2, 0.25) is 0 Å². The zero-order chi connectivity index (χ0) is 29.3. The van der Waals surface area contributed by atoms with Crippen LogP contribution in [0.3, 0.4) is 0 Å².